The summed E-state index contributed by atoms with van der Waals surface area (Å²) in [4.78, 5) is 18.2. The van der Waals surface area contributed by atoms with Gasteiger partial charge < -0.3 is 24.1 Å². The van der Waals surface area contributed by atoms with Crippen molar-refractivity contribution in [2.75, 3.05) is 34.4 Å². The van der Waals surface area contributed by atoms with E-state index < -0.39 is 0 Å². The van der Waals surface area contributed by atoms with Gasteiger partial charge in [0.15, 0.2) is 11.5 Å². The average molecular weight is 427 g/mol. The van der Waals surface area contributed by atoms with Crippen molar-refractivity contribution in [3.8, 4) is 17.2 Å². The Hall–Kier alpha value is -3.12. The summed E-state index contributed by atoms with van der Waals surface area (Å²) in [5, 5.41) is 1.80. The van der Waals surface area contributed by atoms with Gasteiger partial charge in [-0.15, -0.1) is 0 Å². The number of halogens is 1. The van der Waals surface area contributed by atoms with E-state index >= 15 is 0 Å². The zero-order valence-corrected chi connectivity index (χ0v) is 17.9. The number of aromatic amines is 1. The number of nitrogens with one attached hydrogen (secondary N) is 1. The molecule has 3 aromatic rings. The van der Waals surface area contributed by atoms with Crippen molar-refractivity contribution in [1.82, 2.24) is 9.88 Å². The molecule has 0 saturated carbocycles. The Morgan fingerprint density at radius 1 is 1.07 bits per heavy atom. The lowest BCUT2D eigenvalue weighted by atomic mass is 9.98. The second-order valence-electron chi connectivity index (χ2n) is 7.04. The zero-order valence-electron chi connectivity index (χ0n) is 17.1. The van der Waals surface area contributed by atoms with Gasteiger partial charge in [0.2, 0.25) is 5.75 Å². The molecule has 1 amide bonds. The monoisotopic (exact) mass is 426 g/mol. The second-order valence-corrected chi connectivity index (χ2v) is 7.47. The summed E-state index contributed by atoms with van der Waals surface area (Å²) in [7, 11) is 4.61. The van der Waals surface area contributed by atoms with Gasteiger partial charge in [-0.2, -0.15) is 0 Å². The minimum atomic E-state index is -0.0773. The van der Waals surface area contributed by atoms with Gasteiger partial charge in [-0.1, -0.05) is 17.7 Å². The molecule has 2 aromatic carbocycles. The van der Waals surface area contributed by atoms with Crippen LogP contribution in [0.2, 0.25) is 5.02 Å². The lowest BCUT2D eigenvalue weighted by Gasteiger charge is -2.27. The van der Waals surface area contributed by atoms with E-state index in [0.717, 1.165) is 22.9 Å². The van der Waals surface area contributed by atoms with Gasteiger partial charge in [0.25, 0.3) is 5.91 Å². The third-order valence-corrected chi connectivity index (χ3v) is 5.63. The van der Waals surface area contributed by atoms with Crippen molar-refractivity contribution >= 4 is 34.0 Å². The number of H-pyrrole nitrogens is 1. The predicted molar refractivity (Wildman–Crippen MR) is 118 cm³/mol. The van der Waals surface area contributed by atoms with Gasteiger partial charge >= 0.3 is 0 Å². The fourth-order valence-corrected chi connectivity index (χ4v) is 4.02. The highest BCUT2D eigenvalue weighted by molar-refractivity contribution is 6.31. The lowest BCUT2D eigenvalue weighted by molar-refractivity contribution is 0.0772. The number of amides is 1. The lowest BCUT2D eigenvalue weighted by Crippen LogP contribution is -2.34. The van der Waals surface area contributed by atoms with Crippen molar-refractivity contribution in [3.05, 3.63) is 58.8 Å². The van der Waals surface area contributed by atoms with Crippen LogP contribution >= 0.6 is 11.6 Å². The molecular weight excluding hydrogens is 404 g/mol. The van der Waals surface area contributed by atoms with Crippen molar-refractivity contribution in [2.24, 2.45) is 0 Å². The van der Waals surface area contributed by atoms with Crippen molar-refractivity contribution in [1.29, 1.82) is 0 Å². The number of aromatic nitrogens is 1. The summed E-state index contributed by atoms with van der Waals surface area (Å²) in [6.07, 6.45) is 4.86. The van der Waals surface area contributed by atoms with E-state index in [1.54, 1.807) is 12.1 Å². The van der Waals surface area contributed by atoms with Crippen LogP contribution in [0.4, 0.5) is 0 Å². The maximum Gasteiger partial charge on any atom is 0.254 e. The molecule has 0 bridgehead atoms. The maximum atomic E-state index is 13.1. The number of carbonyl (C=O) groups excluding carboxylic acids is 1. The Morgan fingerprint density at radius 3 is 2.40 bits per heavy atom. The van der Waals surface area contributed by atoms with Crippen LogP contribution in [0, 0.1) is 0 Å². The normalized spacial score (nSPS) is 13.9. The molecular formula is C23H23ClN2O4. The van der Waals surface area contributed by atoms with Gasteiger partial charge in [0.1, 0.15) is 0 Å². The minimum Gasteiger partial charge on any atom is -0.493 e. The summed E-state index contributed by atoms with van der Waals surface area (Å²) in [5.74, 6) is 1.31. The van der Waals surface area contributed by atoms with Gasteiger partial charge in [-0.25, -0.2) is 0 Å². The summed E-state index contributed by atoms with van der Waals surface area (Å²) < 4.78 is 16.1. The largest absolute Gasteiger partial charge is 0.493 e. The number of hydrogen-bond acceptors (Lipinski definition) is 4. The summed E-state index contributed by atoms with van der Waals surface area (Å²) in [6, 6.07) is 9.19. The van der Waals surface area contributed by atoms with Crippen LogP contribution in [0.25, 0.3) is 16.5 Å². The van der Waals surface area contributed by atoms with E-state index in [4.69, 9.17) is 25.8 Å². The SMILES string of the molecule is COc1cc(C(=O)N2CC=C(c3c[nH]c4ccc(Cl)cc34)CC2)cc(OC)c1OC. The molecule has 2 heterocycles. The number of rotatable bonds is 5. The van der Waals surface area contributed by atoms with Crippen LogP contribution in [0.3, 0.4) is 0 Å². The topological polar surface area (TPSA) is 63.8 Å². The van der Waals surface area contributed by atoms with Crippen molar-refractivity contribution in [3.63, 3.8) is 0 Å². The van der Waals surface area contributed by atoms with Crippen LogP contribution in [0.1, 0.15) is 22.3 Å². The fourth-order valence-electron chi connectivity index (χ4n) is 3.84. The molecule has 0 aliphatic carbocycles. The molecule has 0 fully saturated rings. The van der Waals surface area contributed by atoms with Crippen LogP contribution in [-0.2, 0) is 0 Å². The molecule has 0 atom stereocenters. The molecule has 1 N–H and O–H groups in total. The first-order valence-corrected chi connectivity index (χ1v) is 9.98. The average Bonchev–Trinajstić information content (AvgIpc) is 3.20. The number of hydrogen-bond donors (Lipinski definition) is 1. The van der Waals surface area contributed by atoms with Crippen LogP contribution in [-0.4, -0.2) is 50.2 Å². The van der Waals surface area contributed by atoms with E-state index in [0.29, 0.717) is 40.9 Å². The van der Waals surface area contributed by atoms with E-state index in [1.807, 2.05) is 29.3 Å². The first kappa shape index (κ1) is 20.2. The van der Waals surface area contributed by atoms with Gasteiger partial charge in [0, 0.05) is 46.3 Å². The molecule has 1 aromatic heterocycles. The van der Waals surface area contributed by atoms with E-state index in [2.05, 4.69) is 11.1 Å². The number of ether oxygens (including phenoxy) is 3. The summed E-state index contributed by atoms with van der Waals surface area (Å²) in [5.41, 5.74) is 3.89. The molecule has 7 heteroatoms. The number of nitrogens with zero attached hydrogens (tertiary/aromatic N) is 1. The highest BCUT2D eigenvalue weighted by Gasteiger charge is 2.23. The Balaban J connectivity index is 1.58. The number of benzene rings is 2. The quantitative estimate of drug-likeness (QED) is 0.637. The number of fused-ring (bicyclic) bond motifs is 1. The highest BCUT2D eigenvalue weighted by atomic mass is 35.5. The Kier molecular flexibility index (Phi) is 5.59. The molecule has 1 aliphatic heterocycles. The van der Waals surface area contributed by atoms with Crippen LogP contribution < -0.4 is 14.2 Å². The first-order chi connectivity index (χ1) is 14.5. The molecule has 0 spiro atoms. The standard InChI is InChI=1S/C23H23ClN2O4/c1-28-20-10-15(11-21(29-2)22(20)30-3)23(27)26-8-6-14(7-9-26)18-13-25-19-5-4-16(24)12-17(18)19/h4-6,10-13,25H,7-9H2,1-3H3. The molecule has 0 saturated heterocycles. The van der Waals surface area contributed by atoms with Crippen LogP contribution in [0.15, 0.2) is 42.6 Å². The third kappa shape index (κ3) is 3.59. The zero-order chi connectivity index (χ0) is 21.3. The number of carbonyl (C=O) groups is 1. The molecule has 156 valence electrons. The highest BCUT2D eigenvalue weighted by Crippen LogP contribution is 2.39. The Morgan fingerprint density at radius 2 is 1.80 bits per heavy atom. The Labute approximate surface area is 180 Å². The first-order valence-electron chi connectivity index (χ1n) is 9.61. The van der Waals surface area contributed by atoms with E-state index in [-0.39, 0.29) is 5.91 Å². The molecule has 4 rings (SSSR count). The molecule has 0 unspecified atom stereocenters. The van der Waals surface area contributed by atoms with Gasteiger partial charge in [0.05, 0.1) is 21.3 Å². The summed E-state index contributed by atoms with van der Waals surface area (Å²) in [6.45, 7) is 1.15. The Bertz CT molecular complexity index is 1110. The van der Waals surface area contributed by atoms with Gasteiger partial charge in [-0.05, 0) is 42.3 Å². The third-order valence-electron chi connectivity index (χ3n) is 5.40. The minimum absolute atomic E-state index is 0.0773. The molecule has 1 aliphatic rings. The van der Waals surface area contributed by atoms with Crippen molar-refractivity contribution in [2.45, 2.75) is 6.42 Å². The number of methoxy groups -OCH3 is 3. The molecule has 0 radical (unpaired) electrons. The molecule has 30 heavy (non-hydrogen) atoms. The van der Waals surface area contributed by atoms with Gasteiger partial charge in [-0.3, -0.25) is 4.79 Å². The van der Waals surface area contributed by atoms with E-state index in [1.165, 1.54) is 26.9 Å². The smallest absolute Gasteiger partial charge is 0.254 e. The summed E-state index contributed by atoms with van der Waals surface area (Å²) >= 11 is 6.17. The van der Waals surface area contributed by atoms with Crippen molar-refractivity contribution < 1.29 is 19.0 Å². The van der Waals surface area contributed by atoms with Crippen LogP contribution in [0.5, 0.6) is 17.2 Å². The maximum absolute atomic E-state index is 13.1. The predicted octanol–water partition coefficient (Wildman–Crippen LogP) is 4.78. The second kappa shape index (κ2) is 8.32. The fraction of sp³-hybridized carbons (Fsp3) is 0.261. The molecule has 6 nitrogen and oxygen atoms in total. The van der Waals surface area contributed by atoms with E-state index in [9.17, 15) is 4.79 Å².